The van der Waals surface area contributed by atoms with Crippen molar-refractivity contribution in [2.75, 3.05) is 26.7 Å². The minimum absolute atomic E-state index is 0.0126. The summed E-state index contributed by atoms with van der Waals surface area (Å²) in [5.41, 5.74) is 10.4. The molecule has 0 fully saturated rings. The van der Waals surface area contributed by atoms with E-state index in [9.17, 15) is 57.5 Å². The van der Waals surface area contributed by atoms with Crippen molar-refractivity contribution in [3.8, 4) is 0 Å². The van der Waals surface area contributed by atoms with Crippen molar-refractivity contribution in [2.24, 2.45) is 21.5 Å². The van der Waals surface area contributed by atoms with Crippen LogP contribution in [0.2, 0.25) is 0 Å². The maximum absolute atomic E-state index is 14.9. The molecule has 0 heterocycles. The number of rotatable bonds is 47. The molecule has 0 aromatic heterocycles. The van der Waals surface area contributed by atoms with Gasteiger partial charge in [0.15, 0.2) is 0 Å². The van der Waals surface area contributed by atoms with Gasteiger partial charge in [0.25, 0.3) is 0 Å². The fourth-order valence-electron chi connectivity index (χ4n) is 10.5. The van der Waals surface area contributed by atoms with E-state index in [-0.39, 0.29) is 101 Å². The zero-order chi connectivity index (χ0) is 78.0. The maximum Gasteiger partial charge on any atom is 0.329 e. The molecule has 104 heavy (non-hydrogen) atoms. The number of urea groups is 1. The predicted molar refractivity (Wildman–Crippen MR) is 397 cm³/mol. The Morgan fingerprint density at radius 1 is 0.423 bits per heavy atom. The van der Waals surface area contributed by atoms with E-state index in [1.54, 1.807) is 144 Å². The van der Waals surface area contributed by atoms with Gasteiger partial charge in [-0.3, -0.25) is 53.1 Å². The molecule has 2 aromatic rings. The Labute approximate surface area is 614 Å². The van der Waals surface area contributed by atoms with Gasteiger partial charge in [-0.15, -0.1) is 0 Å². The first kappa shape index (κ1) is 90.9. The molecular formula is C75H121N13O16. The molecule has 9 amide bonds. The Balaban J connectivity index is 2.33. The molecule has 2 aromatic carbocycles. The molecule has 29 nitrogen and oxygen atoms in total. The van der Waals surface area contributed by atoms with Crippen molar-refractivity contribution >= 4 is 82.9 Å². The van der Waals surface area contributed by atoms with Crippen molar-refractivity contribution in [3.63, 3.8) is 0 Å². The quantitative estimate of drug-likeness (QED) is 0.0120. The Kier molecular flexibility index (Phi) is 41.9. The maximum atomic E-state index is 14.9. The highest BCUT2D eigenvalue weighted by Gasteiger charge is 2.36. The lowest BCUT2D eigenvalue weighted by Crippen LogP contribution is -2.60. The van der Waals surface area contributed by atoms with Crippen molar-refractivity contribution in [1.29, 1.82) is 0 Å². The lowest BCUT2D eigenvalue weighted by atomic mass is 10.0. The Morgan fingerprint density at radius 3 is 1.36 bits per heavy atom. The highest BCUT2D eigenvalue weighted by Crippen LogP contribution is 2.17. The number of esters is 4. The fourth-order valence-corrected chi connectivity index (χ4v) is 10.5. The zero-order valence-electron chi connectivity index (χ0n) is 63.9. The molecule has 0 bridgehead atoms. The van der Waals surface area contributed by atoms with Crippen molar-refractivity contribution < 1.29 is 76.5 Å². The third kappa shape index (κ3) is 42.4. The van der Waals surface area contributed by atoms with E-state index in [0.717, 1.165) is 12.8 Å². The highest BCUT2D eigenvalue weighted by atomic mass is 16.6. The molecule has 0 radical (unpaired) electrons. The van der Waals surface area contributed by atoms with Crippen LogP contribution < -0.4 is 59.3 Å². The van der Waals surface area contributed by atoms with Crippen LogP contribution in [-0.2, 0) is 84.5 Å². The van der Waals surface area contributed by atoms with Gasteiger partial charge in [-0.25, -0.2) is 14.4 Å². The van der Waals surface area contributed by atoms with Gasteiger partial charge in [-0.05, 0) is 152 Å². The monoisotopic (exact) mass is 1460 g/mol. The van der Waals surface area contributed by atoms with Gasteiger partial charge in [0.05, 0.1) is 25.2 Å². The number of amides is 9. The third-order valence-corrected chi connectivity index (χ3v) is 15.6. The summed E-state index contributed by atoms with van der Waals surface area (Å²) in [6.07, 6.45) is 5.44. The minimum Gasteiger partial charge on any atom is -0.467 e. The lowest BCUT2D eigenvalue weighted by Gasteiger charge is -2.28. The molecule has 0 spiro atoms. The van der Waals surface area contributed by atoms with E-state index in [1.807, 2.05) is 6.92 Å². The molecule has 0 aliphatic rings. The van der Waals surface area contributed by atoms with Crippen LogP contribution in [-0.4, -0.2) is 175 Å². The molecule has 0 aliphatic carbocycles. The van der Waals surface area contributed by atoms with E-state index in [2.05, 4.69) is 57.8 Å². The van der Waals surface area contributed by atoms with Crippen LogP contribution in [0.25, 0.3) is 0 Å². The summed E-state index contributed by atoms with van der Waals surface area (Å²) in [5.74, 6) is -7.04. The average Bonchev–Trinajstić information content (AvgIpc) is 0.837. The Morgan fingerprint density at radius 2 is 0.856 bits per heavy atom. The first-order valence-electron chi connectivity index (χ1n) is 36.4. The normalized spacial score (nSPS) is 14.2. The summed E-state index contributed by atoms with van der Waals surface area (Å²) in [6.45, 7) is 22.7. The number of aliphatic imine (C=N–C) groups is 2. The Hall–Kier alpha value is -9.18. The van der Waals surface area contributed by atoms with Gasteiger partial charge < -0.3 is 78.3 Å². The molecule has 8 atom stereocenters. The first-order valence-corrected chi connectivity index (χ1v) is 36.4. The van der Waals surface area contributed by atoms with E-state index in [1.165, 1.54) is 7.11 Å². The first-order chi connectivity index (χ1) is 48.9. The minimum atomic E-state index is -1.70. The van der Waals surface area contributed by atoms with Crippen molar-refractivity contribution in [2.45, 2.75) is 290 Å². The van der Waals surface area contributed by atoms with Crippen LogP contribution >= 0.6 is 0 Å². The number of hydrogen-bond donors (Lipinski definition) is 11. The van der Waals surface area contributed by atoms with Crippen LogP contribution in [0.15, 0.2) is 70.6 Å². The molecule has 0 saturated carbocycles. The summed E-state index contributed by atoms with van der Waals surface area (Å²) >= 11 is 0. The molecule has 0 unspecified atom stereocenters. The van der Waals surface area contributed by atoms with Gasteiger partial charge in [0, 0.05) is 57.8 Å². The number of nitrogens with one attached hydrogen (secondary N) is 9. The highest BCUT2D eigenvalue weighted by molar-refractivity contribution is 5.98. The van der Waals surface area contributed by atoms with Gasteiger partial charge in [-0.1, -0.05) is 106 Å². The number of carbonyl (C=O) groups is 12. The number of nitrogens with zero attached hydrogens (tertiary/aromatic N) is 2. The molecular weight excluding hydrogens is 1340 g/mol. The van der Waals surface area contributed by atoms with Crippen LogP contribution in [0.5, 0.6) is 0 Å². The van der Waals surface area contributed by atoms with Crippen LogP contribution in [0.1, 0.15) is 223 Å². The number of carbonyl (C=O) groups excluding carboxylic acids is 12. The summed E-state index contributed by atoms with van der Waals surface area (Å²) < 4.78 is 21.5. The van der Waals surface area contributed by atoms with Gasteiger partial charge >= 0.3 is 29.9 Å². The van der Waals surface area contributed by atoms with Crippen molar-refractivity contribution in [3.05, 3.63) is 71.8 Å². The lowest BCUT2D eigenvalue weighted by molar-refractivity contribution is -0.158. The third-order valence-electron chi connectivity index (χ3n) is 15.6. The van der Waals surface area contributed by atoms with E-state index in [0.29, 0.717) is 62.6 Å². The van der Waals surface area contributed by atoms with Gasteiger partial charge in [0.1, 0.15) is 59.1 Å². The smallest absolute Gasteiger partial charge is 0.329 e. The zero-order valence-corrected chi connectivity index (χ0v) is 63.9. The number of amidine groups is 2. The number of nitrogens with two attached hydrogens (primary N) is 2. The topological polar surface area (TPSA) is 427 Å². The summed E-state index contributed by atoms with van der Waals surface area (Å²) in [7, 11) is 1.20. The van der Waals surface area contributed by atoms with Crippen LogP contribution in [0, 0.1) is 0 Å². The fraction of sp³-hybridized carbons (Fsp3) is 0.653. The van der Waals surface area contributed by atoms with E-state index < -0.39 is 137 Å². The van der Waals surface area contributed by atoms with Crippen LogP contribution in [0.4, 0.5) is 4.79 Å². The number of unbranched alkanes of at least 4 members (excludes halogenated alkanes) is 6. The largest absolute Gasteiger partial charge is 0.467 e. The molecule has 2 rings (SSSR count). The standard InChI is InChI=1S/C75H121N13O16/c1-15-16-22-35-56(70(98)101-14)85-65(93)54(36-29-44-78-50(3)76)84-69(97)60(48-64(92)103-74(8,9)10)87-66(94)55(37-30-45-79-51(4)77)83-68(96)59(47-53-33-25-21-26-34-53)86-67(95)58(46-52-31-23-20-24-32-52)82-62(90)38-27-18-17-19-28-43-80-61(89)41-40-57(71(99)104-75(11,12)13)88-72(100)81-49(2)39-42-63(91)102-73(5,6)7/h20-21,23-26,31-34,49,54-60H,15-19,22,27-30,35-48H2,1-14H3,(H2,76,78)(H2,77,79)(H,80,89)(H,82,90)(H,83,96)(H,84,97)(H,85,93)(H,86,95)(H,87,94)(H2,81,88,100)/t49-,54+,55+,56+,57+,58+,59+,60+/m1/s1. The van der Waals surface area contributed by atoms with E-state index >= 15 is 0 Å². The second-order valence-electron chi connectivity index (χ2n) is 29.1. The number of ether oxygens (including phenoxy) is 4. The summed E-state index contributed by atoms with van der Waals surface area (Å²) in [5, 5.41) is 24.7. The Bertz CT molecular complexity index is 3100. The van der Waals surface area contributed by atoms with Gasteiger partial charge in [0.2, 0.25) is 41.4 Å². The van der Waals surface area contributed by atoms with Crippen molar-refractivity contribution in [1.82, 2.24) is 47.9 Å². The molecule has 582 valence electrons. The molecule has 13 N–H and O–H groups in total. The summed E-state index contributed by atoms with van der Waals surface area (Å²) in [4.78, 5) is 173. The second kappa shape index (κ2) is 48.0. The molecule has 0 aliphatic heterocycles. The predicted octanol–water partition coefficient (Wildman–Crippen LogP) is 5.94. The van der Waals surface area contributed by atoms with Gasteiger partial charge in [-0.2, -0.15) is 0 Å². The number of methoxy groups -OCH3 is 1. The van der Waals surface area contributed by atoms with E-state index in [4.69, 9.17) is 30.4 Å². The average molecular weight is 1460 g/mol. The summed E-state index contributed by atoms with van der Waals surface area (Å²) in [6, 6.07) is 7.45. The molecule has 29 heteroatoms. The SMILES string of the molecule is CCCCC[C@H](NC(=O)[C@H](CCCN=C(C)N)NC(=O)[C@H](CC(=O)OC(C)(C)C)NC(=O)[C@H](CCCN=C(C)N)NC(=O)[C@H](Cc1ccccc1)NC(=O)[C@H](Cc1ccccc1)NC(=O)CCCCCCCNC(=O)CC[C@H](NC(=O)N[C@H](C)CCC(=O)OC(C)(C)C)C(=O)OC(C)(C)C)C(=O)OC. The molecule has 0 saturated heterocycles. The number of hydrogen-bond acceptors (Lipinski definition) is 18. The number of benzene rings is 2. The second-order valence-corrected chi connectivity index (χ2v) is 29.1. The van der Waals surface area contributed by atoms with Crippen LogP contribution in [0.3, 0.4) is 0 Å².